The number of nitrogens with one attached hydrogen (secondary N) is 1. The zero-order valence-electron chi connectivity index (χ0n) is 21.6. The summed E-state index contributed by atoms with van der Waals surface area (Å²) in [5.74, 6) is 0.529. The molecular weight excluding hydrogens is 490 g/mol. The van der Waals surface area contributed by atoms with E-state index in [4.69, 9.17) is 9.47 Å². The number of anilines is 2. The van der Waals surface area contributed by atoms with Crippen molar-refractivity contribution in [1.29, 1.82) is 0 Å². The van der Waals surface area contributed by atoms with Crippen molar-refractivity contribution < 1.29 is 22.7 Å². The van der Waals surface area contributed by atoms with E-state index in [9.17, 15) is 13.2 Å². The van der Waals surface area contributed by atoms with Crippen LogP contribution in [0.2, 0.25) is 0 Å². The average Bonchev–Trinajstić information content (AvgIpc) is 2.92. The fourth-order valence-corrected chi connectivity index (χ4v) is 5.79. The minimum absolute atomic E-state index is 0.106. The molecule has 1 aliphatic heterocycles. The van der Waals surface area contributed by atoms with Gasteiger partial charge in [-0.15, -0.1) is 0 Å². The number of aryl methyl sites for hydroxylation is 1. The maximum absolute atomic E-state index is 13.6. The van der Waals surface area contributed by atoms with E-state index in [-0.39, 0.29) is 17.3 Å². The Labute approximate surface area is 218 Å². The Kier molecular flexibility index (Phi) is 7.92. The summed E-state index contributed by atoms with van der Waals surface area (Å²) >= 11 is 0. The van der Waals surface area contributed by atoms with Gasteiger partial charge >= 0.3 is 0 Å². The molecule has 1 amide bonds. The fraction of sp³-hybridized carbons (Fsp3) is 0.321. The highest BCUT2D eigenvalue weighted by atomic mass is 32.2. The summed E-state index contributed by atoms with van der Waals surface area (Å²) in [7, 11) is -2.43. The van der Waals surface area contributed by atoms with Crippen molar-refractivity contribution >= 4 is 27.3 Å². The Morgan fingerprint density at radius 3 is 2.35 bits per heavy atom. The Morgan fingerprint density at radius 1 is 1.05 bits per heavy atom. The molecule has 1 atom stereocenters. The summed E-state index contributed by atoms with van der Waals surface area (Å²) in [6.07, 6.45) is -1.00. The number of sulfonamides is 1. The van der Waals surface area contributed by atoms with Gasteiger partial charge in [0, 0.05) is 25.3 Å². The Morgan fingerprint density at radius 2 is 1.73 bits per heavy atom. The van der Waals surface area contributed by atoms with E-state index in [0.29, 0.717) is 23.7 Å². The number of ether oxygens (including phenoxy) is 2. The number of carbonyl (C=O) groups excluding carboxylic acids is 1. The third-order valence-electron chi connectivity index (χ3n) is 6.46. The monoisotopic (exact) mass is 523 g/mol. The molecule has 0 bridgehead atoms. The molecule has 1 aliphatic rings. The molecule has 8 nitrogen and oxygen atoms in total. The topological polar surface area (TPSA) is 88.2 Å². The summed E-state index contributed by atoms with van der Waals surface area (Å²) in [6.45, 7) is 8.11. The minimum Gasteiger partial charge on any atom is -0.497 e. The molecule has 9 heteroatoms. The third-order valence-corrected chi connectivity index (χ3v) is 8.25. The molecule has 0 unspecified atom stereocenters. The second-order valence-electron chi connectivity index (χ2n) is 8.85. The number of hydrogen-bond donors (Lipinski definition) is 1. The van der Waals surface area contributed by atoms with Crippen LogP contribution in [-0.4, -0.2) is 47.2 Å². The summed E-state index contributed by atoms with van der Waals surface area (Å²) in [5.41, 5.74) is 3.37. The first-order valence-corrected chi connectivity index (χ1v) is 13.8. The number of carbonyl (C=O) groups is 1. The maximum Gasteiger partial charge on any atom is 0.264 e. The van der Waals surface area contributed by atoms with Crippen LogP contribution in [0.3, 0.4) is 0 Å². The van der Waals surface area contributed by atoms with Gasteiger partial charge in [-0.05, 0) is 80.4 Å². The second kappa shape index (κ2) is 11.1. The van der Waals surface area contributed by atoms with E-state index in [2.05, 4.69) is 24.1 Å². The normalized spacial score (nSPS) is 14.9. The van der Waals surface area contributed by atoms with Gasteiger partial charge in [-0.1, -0.05) is 18.2 Å². The molecule has 4 rings (SSSR count). The number of benzene rings is 3. The van der Waals surface area contributed by atoms with Crippen molar-refractivity contribution in [2.24, 2.45) is 0 Å². The lowest BCUT2D eigenvalue weighted by molar-refractivity contribution is -0.127. The van der Waals surface area contributed by atoms with Gasteiger partial charge < -0.3 is 19.7 Å². The van der Waals surface area contributed by atoms with Crippen LogP contribution >= 0.6 is 0 Å². The van der Waals surface area contributed by atoms with E-state index in [1.807, 2.05) is 37.3 Å². The lowest BCUT2D eigenvalue weighted by atomic mass is 10.1. The molecule has 3 aromatic rings. The van der Waals surface area contributed by atoms with E-state index in [1.165, 1.54) is 23.5 Å². The SMILES string of the molecule is CCN(CC)c1ccc(CNC(=O)[C@@H]2CN(S(=O)(=O)c3ccc(OC)cc3)c3ccc(C)cc3O2)cc1. The van der Waals surface area contributed by atoms with Gasteiger partial charge in [0.2, 0.25) is 0 Å². The van der Waals surface area contributed by atoms with Crippen LogP contribution in [0.25, 0.3) is 0 Å². The predicted molar refractivity (Wildman–Crippen MR) is 145 cm³/mol. The van der Waals surface area contributed by atoms with Crippen LogP contribution in [0.5, 0.6) is 11.5 Å². The molecule has 0 radical (unpaired) electrons. The van der Waals surface area contributed by atoms with E-state index >= 15 is 0 Å². The van der Waals surface area contributed by atoms with Crippen molar-refractivity contribution in [3.8, 4) is 11.5 Å². The van der Waals surface area contributed by atoms with Crippen LogP contribution in [0, 0.1) is 6.92 Å². The quantitative estimate of drug-likeness (QED) is 0.454. The Hall–Kier alpha value is -3.72. The number of rotatable bonds is 9. The molecule has 3 aromatic carbocycles. The molecular formula is C28H33N3O5S. The molecule has 0 saturated heterocycles. The molecule has 0 aromatic heterocycles. The third kappa shape index (κ3) is 5.67. The lowest BCUT2D eigenvalue weighted by Crippen LogP contribution is -2.50. The lowest BCUT2D eigenvalue weighted by Gasteiger charge is -2.35. The molecule has 37 heavy (non-hydrogen) atoms. The number of fused-ring (bicyclic) bond motifs is 1. The highest BCUT2D eigenvalue weighted by molar-refractivity contribution is 7.92. The highest BCUT2D eigenvalue weighted by Crippen LogP contribution is 2.38. The summed E-state index contributed by atoms with van der Waals surface area (Å²) in [4.78, 5) is 15.5. The predicted octanol–water partition coefficient (Wildman–Crippen LogP) is 4.12. The first-order chi connectivity index (χ1) is 17.8. The summed E-state index contributed by atoms with van der Waals surface area (Å²) in [5, 5.41) is 2.90. The first-order valence-electron chi connectivity index (χ1n) is 12.3. The highest BCUT2D eigenvalue weighted by Gasteiger charge is 2.37. The molecule has 0 spiro atoms. The van der Waals surface area contributed by atoms with Crippen LogP contribution in [0.4, 0.5) is 11.4 Å². The zero-order chi connectivity index (χ0) is 26.6. The minimum atomic E-state index is -3.95. The second-order valence-corrected chi connectivity index (χ2v) is 10.7. The fourth-order valence-electron chi connectivity index (χ4n) is 4.32. The largest absolute Gasteiger partial charge is 0.497 e. The summed E-state index contributed by atoms with van der Waals surface area (Å²) in [6, 6.07) is 19.5. The Bertz CT molecular complexity index is 1340. The van der Waals surface area contributed by atoms with Gasteiger partial charge in [0.25, 0.3) is 15.9 Å². The molecule has 0 aliphatic carbocycles. The maximum atomic E-state index is 13.6. The number of hydrogen-bond acceptors (Lipinski definition) is 6. The van der Waals surface area contributed by atoms with Gasteiger partial charge in [0.05, 0.1) is 24.2 Å². The van der Waals surface area contributed by atoms with E-state index in [1.54, 1.807) is 24.3 Å². The van der Waals surface area contributed by atoms with Crippen LogP contribution in [0.1, 0.15) is 25.0 Å². The van der Waals surface area contributed by atoms with Crippen LogP contribution in [-0.2, 0) is 21.4 Å². The molecule has 196 valence electrons. The van der Waals surface area contributed by atoms with Gasteiger partial charge in [0.15, 0.2) is 6.10 Å². The smallest absolute Gasteiger partial charge is 0.264 e. The van der Waals surface area contributed by atoms with E-state index in [0.717, 1.165) is 29.9 Å². The molecule has 0 fully saturated rings. The van der Waals surface area contributed by atoms with Crippen molar-refractivity contribution in [2.75, 3.05) is 35.9 Å². The van der Waals surface area contributed by atoms with Crippen molar-refractivity contribution in [3.63, 3.8) is 0 Å². The van der Waals surface area contributed by atoms with Gasteiger partial charge in [-0.25, -0.2) is 8.42 Å². The molecule has 1 heterocycles. The van der Waals surface area contributed by atoms with Gasteiger partial charge in [-0.3, -0.25) is 9.10 Å². The first kappa shape index (κ1) is 26.3. The molecule has 1 N–H and O–H groups in total. The zero-order valence-corrected chi connectivity index (χ0v) is 22.4. The van der Waals surface area contributed by atoms with Crippen molar-refractivity contribution in [3.05, 3.63) is 77.9 Å². The standard InChI is InChI=1S/C28H33N3O5S/c1-5-30(6-2)22-10-8-21(9-11-22)18-29-28(32)27-19-31(25-16-7-20(3)17-26(25)36-27)37(33,34)24-14-12-23(35-4)13-15-24/h7-17,27H,5-6,18-19H2,1-4H3,(H,29,32)/t27-/m0/s1. The van der Waals surface area contributed by atoms with Crippen LogP contribution in [0.15, 0.2) is 71.6 Å². The average molecular weight is 524 g/mol. The number of amides is 1. The van der Waals surface area contributed by atoms with Crippen LogP contribution < -0.4 is 24.0 Å². The van der Waals surface area contributed by atoms with Crippen molar-refractivity contribution in [1.82, 2.24) is 5.32 Å². The van der Waals surface area contributed by atoms with Gasteiger partial charge in [-0.2, -0.15) is 0 Å². The molecule has 0 saturated carbocycles. The summed E-state index contributed by atoms with van der Waals surface area (Å²) < 4.78 is 39.6. The Balaban J connectivity index is 1.53. The van der Waals surface area contributed by atoms with E-state index < -0.39 is 16.1 Å². The number of nitrogens with zero attached hydrogens (tertiary/aromatic N) is 2. The number of methoxy groups -OCH3 is 1. The van der Waals surface area contributed by atoms with Crippen molar-refractivity contribution in [2.45, 2.75) is 38.3 Å². The van der Waals surface area contributed by atoms with Gasteiger partial charge in [0.1, 0.15) is 11.5 Å².